The summed E-state index contributed by atoms with van der Waals surface area (Å²) in [5.41, 5.74) is 0.378. The second-order valence-electron chi connectivity index (χ2n) is 7.40. The molecule has 9 heteroatoms. The van der Waals surface area contributed by atoms with Gasteiger partial charge in [-0.05, 0) is 56.4 Å². The van der Waals surface area contributed by atoms with Gasteiger partial charge < -0.3 is 10.2 Å². The summed E-state index contributed by atoms with van der Waals surface area (Å²) in [5.74, 6) is 0.903. The van der Waals surface area contributed by atoms with Crippen LogP contribution in [-0.4, -0.2) is 54.8 Å². The molecule has 8 nitrogen and oxygen atoms in total. The van der Waals surface area contributed by atoms with Gasteiger partial charge in [0.15, 0.2) is 0 Å². The Kier molecular flexibility index (Phi) is 5.77. The Morgan fingerprint density at radius 3 is 2.24 bits per heavy atom. The summed E-state index contributed by atoms with van der Waals surface area (Å²) in [6.45, 7) is 3.02. The minimum absolute atomic E-state index is 0.213. The van der Waals surface area contributed by atoms with E-state index in [1.54, 1.807) is 6.07 Å². The van der Waals surface area contributed by atoms with Gasteiger partial charge in [0.2, 0.25) is 10.0 Å². The first-order valence-electron chi connectivity index (χ1n) is 10.0. The van der Waals surface area contributed by atoms with E-state index in [2.05, 4.69) is 20.2 Å². The number of aromatic nitrogens is 2. The van der Waals surface area contributed by atoms with Crippen LogP contribution < -0.4 is 10.2 Å². The Morgan fingerprint density at radius 2 is 1.55 bits per heavy atom. The van der Waals surface area contributed by atoms with Crippen LogP contribution in [0, 0.1) is 0 Å². The van der Waals surface area contributed by atoms with Gasteiger partial charge in [0.05, 0.1) is 4.90 Å². The third-order valence-corrected chi connectivity index (χ3v) is 7.31. The molecule has 2 aromatic rings. The number of benzene rings is 1. The highest BCUT2D eigenvalue weighted by atomic mass is 32.2. The van der Waals surface area contributed by atoms with Crippen LogP contribution in [-0.2, 0) is 10.0 Å². The van der Waals surface area contributed by atoms with E-state index < -0.39 is 10.0 Å². The molecule has 29 heavy (non-hydrogen) atoms. The zero-order chi connectivity index (χ0) is 20.3. The summed E-state index contributed by atoms with van der Waals surface area (Å²) in [7, 11) is -3.48. The molecule has 0 radical (unpaired) electrons. The van der Waals surface area contributed by atoms with Crippen LogP contribution in [0.5, 0.6) is 0 Å². The fourth-order valence-corrected chi connectivity index (χ4v) is 5.27. The lowest BCUT2D eigenvalue weighted by atomic mass is 10.1. The fraction of sp³-hybridized carbons (Fsp3) is 0.450. The quantitative estimate of drug-likeness (QED) is 0.806. The molecular formula is C20H25N5O3S. The highest BCUT2D eigenvalue weighted by Gasteiger charge is 2.27. The van der Waals surface area contributed by atoms with E-state index in [0.717, 1.165) is 44.6 Å². The Hall–Kier alpha value is -2.52. The highest BCUT2D eigenvalue weighted by molar-refractivity contribution is 7.89. The first-order chi connectivity index (χ1) is 14.0. The SMILES string of the molecule is O=C(Nc1cc(N2CCCCC2)ncn1)c1ccc(S(=O)(=O)N2CCCC2)cc1. The number of amides is 1. The lowest BCUT2D eigenvalue weighted by Gasteiger charge is -2.27. The number of carbonyl (C=O) groups excluding carboxylic acids is 1. The number of piperidine rings is 1. The van der Waals surface area contributed by atoms with Crippen molar-refractivity contribution in [2.75, 3.05) is 36.4 Å². The topological polar surface area (TPSA) is 95.5 Å². The van der Waals surface area contributed by atoms with Gasteiger partial charge in [0.1, 0.15) is 18.0 Å². The van der Waals surface area contributed by atoms with Crippen molar-refractivity contribution >= 4 is 27.6 Å². The van der Waals surface area contributed by atoms with Gasteiger partial charge in [-0.2, -0.15) is 4.31 Å². The lowest BCUT2D eigenvalue weighted by molar-refractivity contribution is 0.102. The van der Waals surface area contributed by atoms with Crippen molar-refractivity contribution in [2.45, 2.75) is 37.0 Å². The summed E-state index contributed by atoms with van der Waals surface area (Å²) >= 11 is 0. The third-order valence-electron chi connectivity index (χ3n) is 5.39. The van der Waals surface area contributed by atoms with E-state index in [-0.39, 0.29) is 10.8 Å². The predicted molar refractivity (Wildman–Crippen MR) is 110 cm³/mol. The first kappa shape index (κ1) is 19.8. The van der Waals surface area contributed by atoms with Gasteiger partial charge in [-0.3, -0.25) is 4.79 Å². The molecule has 3 heterocycles. The van der Waals surface area contributed by atoms with Gasteiger partial charge in [-0.15, -0.1) is 0 Å². The lowest BCUT2D eigenvalue weighted by Crippen LogP contribution is -2.30. The van der Waals surface area contributed by atoms with E-state index in [1.807, 2.05) is 0 Å². The van der Waals surface area contributed by atoms with E-state index in [4.69, 9.17) is 0 Å². The van der Waals surface area contributed by atoms with Crippen LogP contribution >= 0.6 is 0 Å². The number of rotatable bonds is 5. The van der Waals surface area contributed by atoms with Crippen LogP contribution in [0.4, 0.5) is 11.6 Å². The molecule has 0 aliphatic carbocycles. The van der Waals surface area contributed by atoms with Crippen molar-refractivity contribution < 1.29 is 13.2 Å². The first-order valence-corrected chi connectivity index (χ1v) is 11.5. The Bertz CT molecular complexity index is 966. The molecule has 1 aromatic heterocycles. The number of hydrogen-bond acceptors (Lipinski definition) is 6. The van der Waals surface area contributed by atoms with E-state index in [1.165, 1.54) is 41.3 Å². The van der Waals surface area contributed by atoms with Crippen LogP contribution in [0.25, 0.3) is 0 Å². The Balaban J connectivity index is 1.45. The molecule has 0 bridgehead atoms. The molecule has 154 valence electrons. The van der Waals surface area contributed by atoms with Crippen molar-refractivity contribution in [3.63, 3.8) is 0 Å². The number of carbonyl (C=O) groups is 1. The van der Waals surface area contributed by atoms with Crippen molar-refractivity contribution in [3.05, 3.63) is 42.2 Å². The Morgan fingerprint density at radius 1 is 0.897 bits per heavy atom. The molecule has 0 spiro atoms. The van der Waals surface area contributed by atoms with Crippen molar-refractivity contribution in [1.82, 2.24) is 14.3 Å². The maximum absolute atomic E-state index is 12.6. The zero-order valence-corrected chi connectivity index (χ0v) is 17.1. The second kappa shape index (κ2) is 8.46. The average molecular weight is 416 g/mol. The minimum Gasteiger partial charge on any atom is -0.356 e. The average Bonchev–Trinajstić information content (AvgIpc) is 3.31. The van der Waals surface area contributed by atoms with E-state index >= 15 is 0 Å². The highest BCUT2D eigenvalue weighted by Crippen LogP contribution is 2.22. The maximum atomic E-state index is 12.6. The number of sulfonamides is 1. The predicted octanol–water partition coefficient (Wildman–Crippen LogP) is 2.50. The monoisotopic (exact) mass is 415 g/mol. The Labute approximate surface area is 171 Å². The number of nitrogens with zero attached hydrogens (tertiary/aromatic N) is 4. The molecule has 4 rings (SSSR count). The van der Waals surface area contributed by atoms with E-state index in [0.29, 0.717) is 24.5 Å². The van der Waals surface area contributed by atoms with Gasteiger partial charge in [-0.25, -0.2) is 18.4 Å². The second-order valence-corrected chi connectivity index (χ2v) is 9.34. The molecule has 2 saturated heterocycles. The smallest absolute Gasteiger partial charge is 0.256 e. The molecule has 1 aromatic carbocycles. The van der Waals surface area contributed by atoms with Crippen LogP contribution in [0.1, 0.15) is 42.5 Å². The van der Waals surface area contributed by atoms with E-state index in [9.17, 15) is 13.2 Å². The number of nitrogens with one attached hydrogen (secondary N) is 1. The van der Waals surface area contributed by atoms with Gasteiger partial charge in [0, 0.05) is 37.8 Å². The molecule has 2 aliphatic rings. The van der Waals surface area contributed by atoms with Crippen LogP contribution in [0.15, 0.2) is 41.6 Å². The molecule has 2 aliphatic heterocycles. The van der Waals surface area contributed by atoms with Crippen molar-refractivity contribution in [1.29, 1.82) is 0 Å². The molecule has 0 unspecified atom stereocenters. The maximum Gasteiger partial charge on any atom is 0.256 e. The molecule has 2 fully saturated rings. The largest absolute Gasteiger partial charge is 0.356 e. The van der Waals surface area contributed by atoms with Gasteiger partial charge in [0.25, 0.3) is 5.91 Å². The third kappa shape index (κ3) is 4.40. The molecule has 1 N–H and O–H groups in total. The molecule has 0 atom stereocenters. The van der Waals surface area contributed by atoms with Gasteiger partial charge in [-0.1, -0.05) is 0 Å². The summed E-state index contributed by atoms with van der Waals surface area (Å²) in [5, 5.41) is 2.77. The minimum atomic E-state index is -3.48. The van der Waals surface area contributed by atoms with Crippen LogP contribution in [0.3, 0.4) is 0 Å². The van der Waals surface area contributed by atoms with Crippen molar-refractivity contribution in [3.8, 4) is 0 Å². The fourth-order valence-electron chi connectivity index (χ4n) is 3.76. The number of anilines is 2. The van der Waals surface area contributed by atoms with Crippen LogP contribution in [0.2, 0.25) is 0 Å². The molecule has 1 amide bonds. The molecular weight excluding hydrogens is 390 g/mol. The summed E-state index contributed by atoms with van der Waals surface area (Å²) < 4.78 is 26.7. The van der Waals surface area contributed by atoms with Gasteiger partial charge >= 0.3 is 0 Å². The standard InChI is InChI=1S/C20H25N5O3S/c26-20(23-18-14-19(22-15-21-18)24-10-2-1-3-11-24)16-6-8-17(9-7-16)29(27,28)25-12-4-5-13-25/h6-9,14-15H,1-5,10-13H2,(H,21,22,23,26). The molecule has 0 saturated carbocycles. The number of hydrogen-bond donors (Lipinski definition) is 1. The zero-order valence-electron chi connectivity index (χ0n) is 16.2. The normalized spacial score (nSPS) is 18.0. The summed E-state index contributed by atoms with van der Waals surface area (Å²) in [4.78, 5) is 23.4. The van der Waals surface area contributed by atoms with Crippen molar-refractivity contribution in [2.24, 2.45) is 0 Å². The summed E-state index contributed by atoms with van der Waals surface area (Å²) in [6, 6.07) is 7.81. The summed E-state index contributed by atoms with van der Waals surface area (Å²) in [6.07, 6.45) is 6.73.